The number of guanidine groups is 1. The topological polar surface area (TPSA) is 69.5 Å². The molecule has 1 heterocycles. The van der Waals surface area contributed by atoms with Gasteiger partial charge in [-0.05, 0) is 29.9 Å². The number of aliphatic hydroxyl groups is 1. The molecule has 0 aliphatic carbocycles. The first-order chi connectivity index (χ1) is 12.8. The van der Waals surface area contributed by atoms with Gasteiger partial charge in [0.25, 0.3) is 0 Å². The zero-order valence-electron chi connectivity index (χ0n) is 17.0. The van der Waals surface area contributed by atoms with Crippen LogP contribution >= 0.6 is 11.3 Å². The number of nitrogens with one attached hydrogen (secondary N) is 2. The van der Waals surface area contributed by atoms with Crippen LogP contribution in [0.25, 0.3) is 0 Å². The van der Waals surface area contributed by atoms with Gasteiger partial charge in [0, 0.05) is 24.2 Å². The van der Waals surface area contributed by atoms with E-state index in [9.17, 15) is 5.11 Å². The maximum atomic E-state index is 10.5. The molecule has 27 heavy (non-hydrogen) atoms. The molecule has 1 unspecified atom stereocenters. The average molecular weight is 389 g/mol. The summed E-state index contributed by atoms with van der Waals surface area (Å²) in [6.45, 7) is 12.4. The van der Waals surface area contributed by atoms with Crippen LogP contribution in [0, 0.1) is 0 Å². The normalized spacial score (nSPS) is 13.5. The van der Waals surface area contributed by atoms with Gasteiger partial charge in [0.1, 0.15) is 5.01 Å². The molecule has 1 aromatic carbocycles. The Hall–Kier alpha value is -1.92. The fourth-order valence-corrected chi connectivity index (χ4v) is 3.38. The van der Waals surface area contributed by atoms with Gasteiger partial charge in [-0.2, -0.15) is 0 Å². The average Bonchev–Trinajstić information content (AvgIpc) is 3.11. The Morgan fingerprint density at radius 3 is 2.44 bits per heavy atom. The third-order valence-electron chi connectivity index (χ3n) is 4.29. The fourth-order valence-electron chi connectivity index (χ4n) is 2.59. The molecule has 148 valence electrons. The highest BCUT2D eigenvalue weighted by molar-refractivity contribution is 7.11. The minimum absolute atomic E-state index is 0.111. The van der Waals surface area contributed by atoms with Gasteiger partial charge in [-0.25, -0.2) is 9.98 Å². The molecule has 2 rings (SSSR count). The van der Waals surface area contributed by atoms with Crippen molar-refractivity contribution < 1.29 is 5.11 Å². The van der Waals surface area contributed by atoms with E-state index in [0.29, 0.717) is 19.0 Å². The van der Waals surface area contributed by atoms with Crippen molar-refractivity contribution in [3.8, 4) is 0 Å². The van der Waals surface area contributed by atoms with Crippen molar-refractivity contribution in [2.45, 2.75) is 59.1 Å². The van der Waals surface area contributed by atoms with Crippen molar-refractivity contribution in [3.05, 3.63) is 51.5 Å². The maximum Gasteiger partial charge on any atom is 0.191 e. The van der Waals surface area contributed by atoms with Crippen LogP contribution in [0.2, 0.25) is 0 Å². The first kappa shape index (κ1) is 21.4. The lowest BCUT2D eigenvalue weighted by Gasteiger charge is -2.20. The highest BCUT2D eigenvalue weighted by atomic mass is 32.1. The molecular weight excluding hydrogens is 356 g/mol. The minimum Gasteiger partial charge on any atom is -0.387 e. The molecular formula is C21H32N4OS. The molecule has 0 spiro atoms. The Bertz CT molecular complexity index is 731. The van der Waals surface area contributed by atoms with Crippen molar-refractivity contribution >= 4 is 17.3 Å². The standard InChI is InChI=1S/C21H32N4OS/c1-6-17-12-23-19(27-17)14-25-20(22-7-2)24-13-18(26)15-8-10-16(11-9-15)21(3,4)5/h8-12,18,26H,6-7,13-14H2,1-5H3,(H2,22,24,25). The fraction of sp³-hybridized carbons (Fsp3) is 0.524. The van der Waals surface area contributed by atoms with Gasteiger partial charge < -0.3 is 15.7 Å². The number of rotatable bonds is 7. The van der Waals surface area contributed by atoms with Gasteiger partial charge in [-0.15, -0.1) is 11.3 Å². The van der Waals surface area contributed by atoms with Crippen LogP contribution in [0.5, 0.6) is 0 Å². The number of benzene rings is 1. The SMILES string of the molecule is CCNC(=NCc1ncc(CC)s1)NCC(O)c1ccc(C(C)(C)C)cc1. The zero-order valence-corrected chi connectivity index (χ0v) is 17.9. The molecule has 5 nitrogen and oxygen atoms in total. The first-order valence-corrected chi connectivity index (χ1v) is 10.4. The summed E-state index contributed by atoms with van der Waals surface area (Å²) >= 11 is 1.69. The number of aryl methyl sites for hydroxylation is 1. The van der Waals surface area contributed by atoms with Crippen molar-refractivity contribution in [3.63, 3.8) is 0 Å². The first-order valence-electron chi connectivity index (χ1n) is 9.57. The third-order valence-corrected chi connectivity index (χ3v) is 5.42. The molecule has 2 aromatic rings. The van der Waals surface area contributed by atoms with Gasteiger partial charge in [-0.3, -0.25) is 0 Å². The number of aromatic nitrogens is 1. The molecule has 0 fully saturated rings. The van der Waals surface area contributed by atoms with Crippen LogP contribution in [0.4, 0.5) is 0 Å². The maximum absolute atomic E-state index is 10.5. The third kappa shape index (κ3) is 6.63. The van der Waals surface area contributed by atoms with Crippen molar-refractivity contribution in [1.29, 1.82) is 0 Å². The van der Waals surface area contributed by atoms with Crippen molar-refractivity contribution in [2.75, 3.05) is 13.1 Å². The van der Waals surface area contributed by atoms with Crippen LogP contribution < -0.4 is 10.6 Å². The summed E-state index contributed by atoms with van der Waals surface area (Å²) in [5.41, 5.74) is 2.27. The van der Waals surface area contributed by atoms with E-state index in [0.717, 1.165) is 23.5 Å². The molecule has 0 aliphatic rings. The molecule has 0 aliphatic heterocycles. The molecule has 1 atom stereocenters. The molecule has 0 bridgehead atoms. The van der Waals surface area contributed by atoms with E-state index in [2.05, 4.69) is 60.4 Å². The summed E-state index contributed by atoms with van der Waals surface area (Å²) in [6.07, 6.45) is 2.33. The number of aliphatic imine (C=N–C) groups is 1. The lowest BCUT2D eigenvalue weighted by molar-refractivity contribution is 0.181. The van der Waals surface area contributed by atoms with Gasteiger partial charge >= 0.3 is 0 Å². The Morgan fingerprint density at radius 2 is 1.89 bits per heavy atom. The molecule has 1 aromatic heterocycles. The summed E-state index contributed by atoms with van der Waals surface area (Å²) in [5, 5.41) is 17.9. The number of nitrogens with zero attached hydrogens (tertiary/aromatic N) is 2. The van der Waals surface area contributed by atoms with Gasteiger partial charge in [0.05, 0.1) is 12.6 Å². The Morgan fingerprint density at radius 1 is 1.19 bits per heavy atom. The van der Waals surface area contributed by atoms with E-state index in [1.165, 1.54) is 10.4 Å². The number of hydrogen-bond donors (Lipinski definition) is 3. The van der Waals surface area contributed by atoms with E-state index >= 15 is 0 Å². The Labute approximate surface area is 167 Å². The molecule has 0 radical (unpaired) electrons. The molecule has 0 saturated heterocycles. The molecule has 6 heteroatoms. The van der Waals surface area contributed by atoms with Crippen molar-refractivity contribution in [2.24, 2.45) is 4.99 Å². The highest BCUT2D eigenvalue weighted by Gasteiger charge is 2.15. The zero-order chi connectivity index (χ0) is 19.9. The van der Waals surface area contributed by atoms with Gasteiger partial charge in [0.2, 0.25) is 0 Å². The Balaban J connectivity index is 1.94. The summed E-state index contributed by atoms with van der Waals surface area (Å²) in [5.74, 6) is 0.691. The monoisotopic (exact) mass is 388 g/mol. The second-order valence-electron chi connectivity index (χ2n) is 7.54. The predicted molar refractivity (Wildman–Crippen MR) is 114 cm³/mol. The van der Waals surface area contributed by atoms with Crippen LogP contribution in [0.1, 0.15) is 61.7 Å². The number of thiazole rings is 1. The second-order valence-corrected chi connectivity index (χ2v) is 8.74. The lowest BCUT2D eigenvalue weighted by atomic mass is 9.86. The second kappa shape index (κ2) is 9.85. The van der Waals surface area contributed by atoms with E-state index < -0.39 is 6.10 Å². The van der Waals surface area contributed by atoms with Crippen molar-refractivity contribution in [1.82, 2.24) is 15.6 Å². The summed E-state index contributed by atoms with van der Waals surface area (Å²) in [4.78, 5) is 10.2. The van der Waals surface area contributed by atoms with E-state index in [4.69, 9.17) is 0 Å². The largest absolute Gasteiger partial charge is 0.387 e. The minimum atomic E-state index is -0.588. The smallest absolute Gasteiger partial charge is 0.191 e. The molecule has 0 amide bonds. The highest BCUT2D eigenvalue weighted by Crippen LogP contribution is 2.23. The lowest BCUT2D eigenvalue weighted by Crippen LogP contribution is -2.39. The Kier molecular flexibility index (Phi) is 7.80. The van der Waals surface area contributed by atoms with Crippen LogP contribution in [0.15, 0.2) is 35.5 Å². The molecule has 3 N–H and O–H groups in total. The summed E-state index contributed by atoms with van der Waals surface area (Å²) in [7, 11) is 0. The predicted octanol–water partition coefficient (Wildman–Crippen LogP) is 3.79. The van der Waals surface area contributed by atoms with Crippen LogP contribution in [-0.4, -0.2) is 29.1 Å². The van der Waals surface area contributed by atoms with Gasteiger partial charge in [0.15, 0.2) is 5.96 Å². The number of aliphatic hydroxyl groups excluding tert-OH is 1. The molecule has 0 saturated carbocycles. The van der Waals surface area contributed by atoms with Gasteiger partial charge in [-0.1, -0.05) is 52.0 Å². The van der Waals surface area contributed by atoms with Crippen LogP contribution in [-0.2, 0) is 18.4 Å². The quantitative estimate of drug-likeness (QED) is 0.499. The van der Waals surface area contributed by atoms with E-state index in [1.54, 1.807) is 11.3 Å². The summed E-state index contributed by atoms with van der Waals surface area (Å²) < 4.78 is 0. The van der Waals surface area contributed by atoms with Crippen LogP contribution in [0.3, 0.4) is 0 Å². The van der Waals surface area contributed by atoms with E-state index in [1.807, 2.05) is 25.3 Å². The number of hydrogen-bond acceptors (Lipinski definition) is 4. The van der Waals surface area contributed by atoms with E-state index in [-0.39, 0.29) is 5.41 Å². The summed E-state index contributed by atoms with van der Waals surface area (Å²) in [6, 6.07) is 8.18.